The van der Waals surface area contributed by atoms with E-state index in [-0.39, 0.29) is 17.5 Å². The van der Waals surface area contributed by atoms with Crippen LogP contribution in [0.15, 0.2) is 24.3 Å². The number of nitrogens with one attached hydrogen (secondary N) is 1. The summed E-state index contributed by atoms with van der Waals surface area (Å²) in [6.07, 6.45) is 1.66. The molecule has 1 aromatic carbocycles. The van der Waals surface area contributed by atoms with E-state index < -0.39 is 9.84 Å². The maximum Gasteiger partial charge on any atom is 0.152 e. The molecule has 0 aliphatic carbocycles. The summed E-state index contributed by atoms with van der Waals surface area (Å²) in [5, 5.41) is 3.27. The van der Waals surface area contributed by atoms with Crippen molar-refractivity contribution in [3.8, 4) is 0 Å². The molecule has 0 aromatic heterocycles. The van der Waals surface area contributed by atoms with Gasteiger partial charge in [0, 0.05) is 6.04 Å². The molecule has 0 spiro atoms. The lowest BCUT2D eigenvalue weighted by Crippen LogP contribution is -2.29. The molecule has 1 atom stereocenters. The topological polar surface area (TPSA) is 46.2 Å². The molecule has 1 unspecified atom stereocenters. The number of rotatable bonds is 8. The zero-order valence-electron chi connectivity index (χ0n) is 12.1. The average Bonchev–Trinajstić information content (AvgIpc) is 2.37. The van der Waals surface area contributed by atoms with E-state index >= 15 is 0 Å². The Balaban J connectivity index is 2.80. The summed E-state index contributed by atoms with van der Waals surface area (Å²) in [5.74, 6) is 0.473. The third-order valence-corrected chi connectivity index (χ3v) is 4.91. The van der Waals surface area contributed by atoms with Gasteiger partial charge >= 0.3 is 0 Å². The number of aryl methyl sites for hydroxylation is 1. The zero-order valence-corrected chi connectivity index (χ0v) is 13.0. The first-order chi connectivity index (χ1) is 8.98. The van der Waals surface area contributed by atoms with Gasteiger partial charge in [0.15, 0.2) is 9.84 Å². The largest absolute Gasteiger partial charge is 0.309 e. The van der Waals surface area contributed by atoms with Crippen molar-refractivity contribution in [3.63, 3.8) is 0 Å². The van der Waals surface area contributed by atoms with Crippen molar-refractivity contribution in [2.24, 2.45) is 0 Å². The van der Waals surface area contributed by atoms with E-state index in [1.807, 2.05) is 45.0 Å². The molecular weight excluding hydrogens is 258 g/mol. The first-order valence-electron chi connectivity index (χ1n) is 6.99. The molecule has 0 aliphatic rings. The number of unbranched alkanes of at least 4 members (excludes halogenated alkanes) is 1. The third-order valence-electron chi connectivity index (χ3n) is 3.16. The van der Waals surface area contributed by atoms with Crippen molar-refractivity contribution in [2.45, 2.75) is 39.7 Å². The minimum Gasteiger partial charge on any atom is -0.309 e. The molecule has 0 radical (unpaired) electrons. The van der Waals surface area contributed by atoms with E-state index in [2.05, 4.69) is 5.32 Å². The fourth-order valence-corrected chi connectivity index (χ4v) is 3.73. The summed E-state index contributed by atoms with van der Waals surface area (Å²) in [7, 11) is -2.99. The Morgan fingerprint density at radius 2 is 1.79 bits per heavy atom. The number of sulfone groups is 1. The number of benzene rings is 1. The van der Waals surface area contributed by atoms with E-state index in [0.717, 1.165) is 24.9 Å². The van der Waals surface area contributed by atoms with Gasteiger partial charge in [-0.15, -0.1) is 0 Å². The normalized spacial score (nSPS) is 13.4. The van der Waals surface area contributed by atoms with Crippen LogP contribution in [0.3, 0.4) is 0 Å². The quantitative estimate of drug-likeness (QED) is 0.798. The van der Waals surface area contributed by atoms with Crippen molar-refractivity contribution in [1.29, 1.82) is 0 Å². The predicted octanol–water partition coefficient (Wildman–Crippen LogP) is 2.86. The molecule has 0 heterocycles. The third kappa shape index (κ3) is 5.74. The van der Waals surface area contributed by atoms with Crippen molar-refractivity contribution in [1.82, 2.24) is 5.32 Å². The second kappa shape index (κ2) is 7.65. The first kappa shape index (κ1) is 16.2. The number of hydrogen-bond acceptors (Lipinski definition) is 3. The van der Waals surface area contributed by atoms with Crippen LogP contribution < -0.4 is 5.32 Å². The standard InChI is InChI=1S/C15H25NO2S/c1-4-6-11-19(17,18)12-15(16-5-2)14-9-7-13(3)8-10-14/h7-10,15-16H,4-6,11-12H2,1-3H3. The van der Waals surface area contributed by atoms with Gasteiger partial charge in [-0.2, -0.15) is 0 Å². The maximum atomic E-state index is 12.1. The van der Waals surface area contributed by atoms with Gasteiger partial charge in [-0.05, 0) is 25.5 Å². The van der Waals surface area contributed by atoms with E-state index in [0.29, 0.717) is 0 Å². The van der Waals surface area contributed by atoms with E-state index in [9.17, 15) is 8.42 Å². The van der Waals surface area contributed by atoms with Gasteiger partial charge in [0.05, 0.1) is 11.5 Å². The molecule has 19 heavy (non-hydrogen) atoms. The van der Waals surface area contributed by atoms with Gasteiger partial charge in [0.2, 0.25) is 0 Å². The van der Waals surface area contributed by atoms with Crippen LogP contribution in [0.4, 0.5) is 0 Å². The van der Waals surface area contributed by atoms with Gasteiger partial charge in [0.1, 0.15) is 0 Å². The Morgan fingerprint density at radius 1 is 1.16 bits per heavy atom. The lowest BCUT2D eigenvalue weighted by molar-refractivity contribution is 0.557. The number of hydrogen-bond donors (Lipinski definition) is 1. The molecule has 4 heteroatoms. The highest BCUT2D eigenvalue weighted by Crippen LogP contribution is 2.17. The van der Waals surface area contributed by atoms with Crippen molar-refractivity contribution in [2.75, 3.05) is 18.1 Å². The summed E-state index contributed by atoms with van der Waals surface area (Å²) in [4.78, 5) is 0. The first-order valence-corrected chi connectivity index (χ1v) is 8.81. The summed E-state index contributed by atoms with van der Waals surface area (Å²) in [6.45, 7) is 6.81. The van der Waals surface area contributed by atoms with Crippen LogP contribution in [0.1, 0.15) is 43.9 Å². The van der Waals surface area contributed by atoms with Crippen molar-refractivity contribution < 1.29 is 8.42 Å². The minimum absolute atomic E-state index is 0.104. The second-order valence-corrected chi connectivity index (χ2v) is 7.22. The maximum absolute atomic E-state index is 12.1. The Hall–Kier alpha value is -0.870. The molecule has 0 aliphatic heterocycles. The second-order valence-electron chi connectivity index (χ2n) is 4.99. The van der Waals surface area contributed by atoms with Crippen LogP contribution in [-0.4, -0.2) is 26.5 Å². The Morgan fingerprint density at radius 3 is 2.32 bits per heavy atom. The fourth-order valence-electron chi connectivity index (χ4n) is 2.02. The SMILES string of the molecule is CCCCS(=O)(=O)CC(NCC)c1ccc(C)cc1. The van der Waals surface area contributed by atoms with Crippen LogP contribution in [0, 0.1) is 6.92 Å². The molecule has 0 amide bonds. The van der Waals surface area contributed by atoms with E-state index in [1.165, 1.54) is 5.56 Å². The molecule has 0 fully saturated rings. The van der Waals surface area contributed by atoms with Gasteiger partial charge in [-0.3, -0.25) is 0 Å². The highest BCUT2D eigenvalue weighted by molar-refractivity contribution is 7.91. The molecule has 3 nitrogen and oxygen atoms in total. The molecule has 108 valence electrons. The van der Waals surface area contributed by atoms with Crippen LogP contribution in [0.25, 0.3) is 0 Å². The van der Waals surface area contributed by atoms with E-state index in [4.69, 9.17) is 0 Å². The molecule has 1 N–H and O–H groups in total. The average molecular weight is 283 g/mol. The summed E-state index contributed by atoms with van der Waals surface area (Å²) < 4.78 is 24.1. The molecule has 1 aromatic rings. The molecule has 1 rings (SSSR count). The lowest BCUT2D eigenvalue weighted by Gasteiger charge is -2.18. The Bertz CT molecular complexity index is 465. The molecule has 0 bridgehead atoms. The van der Waals surface area contributed by atoms with Gasteiger partial charge in [-0.1, -0.05) is 50.1 Å². The zero-order chi connectivity index (χ0) is 14.3. The summed E-state index contributed by atoms with van der Waals surface area (Å²) in [6, 6.07) is 7.97. The Kier molecular flexibility index (Phi) is 6.52. The molecule has 0 saturated carbocycles. The monoisotopic (exact) mass is 283 g/mol. The highest BCUT2D eigenvalue weighted by atomic mass is 32.2. The van der Waals surface area contributed by atoms with Crippen LogP contribution in [-0.2, 0) is 9.84 Å². The Labute approximate surface area is 117 Å². The van der Waals surface area contributed by atoms with Gasteiger partial charge in [-0.25, -0.2) is 8.42 Å². The summed E-state index contributed by atoms with van der Waals surface area (Å²) in [5.41, 5.74) is 2.24. The van der Waals surface area contributed by atoms with Gasteiger partial charge < -0.3 is 5.32 Å². The smallest absolute Gasteiger partial charge is 0.152 e. The van der Waals surface area contributed by atoms with Crippen molar-refractivity contribution in [3.05, 3.63) is 35.4 Å². The van der Waals surface area contributed by atoms with Crippen LogP contribution in [0.5, 0.6) is 0 Å². The highest BCUT2D eigenvalue weighted by Gasteiger charge is 2.19. The summed E-state index contributed by atoms with van der Waals surface area (Å²) >= 11 is 0. The van der Waals surface area contributed by atoms with E-state index in [1.54, 1.807) is 0 Å². The fraction of sp³-hybridized carbons (Fsp3) is 0.600. The minimum atomic E-state index is -2.99. The van der Waals surface area contributed by atoms with Crippen molar-refractivity contribution >= 4 is 9.84 Å². The van der Waals surface area contributed by atoms with Crippen LogP contribution in [0.2, 0.25) is 0 Å². The van der Waals surface area contributed by atoms with Crippen LogP contribution >= 0.6 is 0 Å². The molecular formula is C15H25NO2S. The molecule has 0 saturated heterocycles. The lowest BCUT2D eigenvalue weighted by atomic mass is 10.1. The predicted molar refractivity (Wildman–Crippen MR) is 81.2 cm³/mol. The van der Waals surface area contributed by atoms with Gasteiger partial charge in [0.25, 0.3) is 0 Å².